The minimum atomic E-state index is -1.17. The van der Waals surface area contributed by atoms with E-state index in [1.165, 1.54) is 0 Å². The van der Waals surface area contributed by atoms with Gasteiger partial charge in [-0.3, -0.25) is 38.4 Å². The molecule has 335 valence electrons. The Balaban J connectivity index is 0. The quantitative estimate of drug-likeness (QED) is 0.0364. The summed E-state index contributed by atoms with van der Waals surface area (Å²) < 4.78 is 29.2. The smallest absolute Gasteiger partial charge is 0.329 e. The van der Waals surface area contributed by atoms with Crippen molar-refractivity contribution in [2.24, 2.45) is 5.18 Å². The Kier molecular flexibility index (Phi) is 32.4. The molecule has 2 atom stereocenters. The van der Waals surface area contributed by atoms with Crippen LogP contribution in [0.5, 0.6) is 0 Å². The number of ether oxygens (including phenoxy) is 3. The van der Waals surface area contributed by atoms with Gasteiger partial charge in [-0.1, -0.05) is 29.6 Å². The Hall–Kier alpha value is -4.05. The molecule has 0 aromatic carbocycles. The molecule has 1 aromatic heterocycles. The largest absolute Gasteiger partial charge is 0.480 e. The summed E-state index contributed by atoms with van der Waals surface area (Å²) in [4.78, 5) is 98.9. The van der Waals surface area contributed by atoms with Gasteiger partial charge >= 0.3 is 29.8 Å². The van der Waals surface area contributed by atoms with Crippen molar-refractivity contribution in [3.63, 3.8) is 0 Å². The molecule has 59 heavy (non-hydrogen) atoms. The van der Waals surface area contributed by atoms with E-state index >= 15 is 0 Å². The summed E-state index contributed by atoms with van der Waals surface area (Å²) in [6.07, 6.45) is 0.290. The Bertz CT molecular complexity index is 1400. The maximum Gasteiger partial charge on any atom is 0.329 e. The topological polar surface area (TPSA) is 324 Å². The number of fused-ring (bicyclic) bond motifs is 2. The van der Waals surface area contributed by atoms with Crippen molar-refractivity contribution in [3.05, 3.63) is 34.5 Å². The molecule has 23 nitrogen and oxygen atoms in total. The summed E-state index contributed by atoms with van der Waals surface area (Å²) in [6, 6.07) is 3.44. The van der Waals surface area contributed by atoms with E-state index in [1.54, 1.807) is 28.0 Å². The first kappa shape index (κ1) is 54.9. The van der Waals surface area contributed by atoms with Gasteiger partial charge in [-0.15, -0.1) is 4.91 Å². The van der Waals surface area contributed by atoms with Crippen molar-refractivity contribution >= 4 is 63.8 Å². The van der Waals surface area contributed by atoms with Gasteiger partial charge in [0, 0.05) is 67.8 Å². The number of carbonyl (C=O) groups excluding carboxylic acids is 2. The van der Waals surface area contributed by atoms with Gasteiger partial charge in [0.2, 0.25) is 0 Å². The number of aromatic nitrogens is 1. The van der Waals surface area contributed by atoms with Gasteiger partial charge in [0.25, 0.3) is 10.5 Å². The molecule has 0 aliphatic carbocycles. The van der Waals surface area contributed by atoms with Gasteiger partial charge < -0.3 is 55.3 Å². The number of carbonyl (C=O) groups is 7. The van der Waals surface area contributed by atoms with Crippen molar-refractivity contribution in [2.45, 2.75) is 38.0 Å². The third-order valence-electron chi connectivity index (χ3n) is 7.29. The van der Waals surface area contributed by atoms with Crippen molar-refractivity contribution < 1.29 is 96.1 Å². The summed E-state index contributed by atoms with van der Waals surface area (Å²) in [5.41, 5.74) is 1.18. The summed E-state index contributed by atoms with van der Waals surface area (Å²) in [5.74, 6) is -5.18. The standard InChI is InChI=1S/C28H42N6O12S2.C3H5NO4.CH3F.Mn/c1-32-7-9-33(21(25(39)40)5-11-47-27(43)29-17-45-15-23(35)36)13-19-3-2-4-20(31-19)14-34(10-8-32)22(26(41)42)6-12-48-28(44)30-18-46-16-24(37)38;5-3(6)1-8-2-4-7;1-2;/h2-4,21-22H,5-18H2,1H3,(H,29,43)(H,30,44)(H,35,36)(H,37,38)(H,39,40)(H,41,42);1-2H2,(H,5,6);1H3;/i;;1D;. The van der Waals surface area contributed by atoms with Crippen molar-refractivity contribution in [3.8, 4) is 0 Å². The van der Waals surface area contributed by atoms with E-state index in [2.05, 4.69) is 20.5 Å². The first-order valence-electron chi connectivity index (χ1n) is 17.7. The molecule has 2 rings (SSSR count). The predicted molar refractivity (Wildman–Crippen MR) is 205 cm³/mol. The fourth-order valence-electron chi connectivity index (χ4n) is 4.74. The van der Waals surface area contributed by atoms with Crippen LogP contribution < -0.4 is 10.6 Å². The van der Waals surface area contributed by atoms with Crippen LogP contribution in [0.3, 0.4) is 0 Å². The number of amides is 2. The normalized spacial score (nSPS) is 14.6. The Labute approximate surface area is 358 Å². The molecule has 1 aliphatic rings. The summed E-state index contributed by atoms with van der Waals surface area (Å²) >= 11 is 1.74. The van der Waals surface area contributed by atoms with Gasteiger partial charge in [0.05, 0.1) is 19.9 Å². The first-order valence-corrected chi connectivity index (χ1v) is 18.9. The molecule has 1 aliphatic heterocycles. The van der Waals surface area contributed by atoms with Gasteiger partial charge in [-0.2, -0.15) is 0 Å². The fraction of sp³-hybridized carbons (Fsp3) is 0.625. The van der Waals surface area contributed by atoms with E-state index in [1.807, 2.05) is 11.9 Å². The molecule has 2 heterocycles. The number of alkyl halides is 1. The van der Waals surface area contributed by atoms with Gasteiger partial charge in [0.15, 0.2) is 6.73 Å². The number of pyridine rings is 1. The second-order valence-corrected chi connectivity index (χ2v) is 13.7. The average Bonchev–Trinajstić information content (AvgIpc) is 3.16. The first-order chi connectivity index (χ1) is 28.0. The minimum absolute atomic E-state index is 0. The second kappa shape index (κ2) is 34.8. The Morgan fingerprint density at radius 2 is 1.17 bits per heavy atom. The number of carboxylic acid groups (broad SMARTS) is 5. The molecule has 1 radical (unpaired) electrons. The maximum atomic E-state index is 12.4. The molecule has 0 saturated heterocycles. The van der Waals surface area contributed by atoms with Crippen LogP contribution in [0.25, 0.3) is 0 Å². The Morgan fingerprint density at radius 1 is 0.780 bits per heavy atom. The number of hydrogen-bond donors (Lipinski definition) is 7. The van der Waals surface area contributed by atoms with Crippen LogP contribution in [-0.2, 0) is 68.3 Å². The van der Waals surface area contributed by atoms with Crippen molar-refractivity contribution in [1.29, 1.82) is 0 Å². The molecule has 0 saturated carbocycles. The number of nitroso groups, excluding NO2 is 1. The minimum Gasteiger partial charge on any atom is -0.480 e. The third-order valence-corrected chi connectivity index (χ3v) is 8.98. The maximum absolute atomic E-state index is 12.4. The second-order valence-electron chi connectivity index (χ2n) is 11.5. The third kappa shape index (κ3) is 28.9. The van der Waals surface area contributed by atoms with Crippen LogP contribution in [-0.4, -0.2) is 190 Å². The number of likely N-dealkylation sites (N-methyl/N-ethyl adjacent to an activating group) is 1. The molecule has 27 heteroatoms. The van der Waals surface area contributed by atoms with Gasteiger partial charge in [-0.05, 0) is 37.2 Å². The molecule has 2 unspecified atom stereocenters. The zero-order valence-electron chi connectivity index (χ0n) is 32.9. The summed E-state index contributed by atoms with van der Waals surface area (Å²) in [6.45, 7) is -0.523. The molecule has 0 spiro atoms. The number of rotatable bonds is 22. The monoisotopic (exact) mass is 927 g/mol. The summed E-state index contributed by atoms with van der Waals surface area (Å²) in [5, 5.41) is 51.4. The van der Waals surface area contributed by atoms with E-state index in [0.29, 0.717) is 37.6 Å². The van der Waals surface area contributed by atoms with Gasteiger partial charge in [-0.25, -0.2) is 14.4 Å². The molecular formula is C32H50FMnN7O16S2. The van der Waals surface area contributed by atoms with Crippen LogP contribution in [0.15, 0.2) is 23.4 Å². The van der Waals surface area contributed by atoms with E-state index in [9.17, 15) is 53.1 Å². The SMILES string of the molecule is CN1CCN(C(CCSC(=O)NCOCC(=O)O)C(=O)O)Cc2cccc(n2)CN(C(CCSC(=O)NCOCC(=O)O)C(=O)O)CC1.O=NCOCC(=O)O.[2H]CF.[Mn]. The molecule has 2 bridgehead atoms. The number of hydrogen-bond acceptors (Lipinski definition) is 18. The van der Waals surface area contributed by atoms with Crippen LogP contribution in [0.1, 0.15) is 25.6 Å². The number of carboxylic acids is 5. The molecule has 7 N–H and O–H groups in total. The molecular weight excluding hydrogens is 876 g/mol. The molecule has 2 amide bonds. The van der Waals surface area contributed by atoms with Crippen LogP contribution in [0, 0.1) is 4.91 Å². The van der Waals surface area contributed by atoms with Gasteiger partial charge in [0.1, 0.15) is 45.4 Å². The van der Waals surface area contributed by atoms with E-state index < -0.39 is 86.1 Å². The van der Waals surface area contributed by atoms with Crippen LogP contribution in [0.2, 0.25) is 0 Å². The number of aliphatic carboxylic acids is 5. The average molecular weight is 928 g/mol. The predicted octanol–water partition coefficient (Wildman–Crippen LogP) is 0.715. The van der Waals surface area contributed by atoms with E-state index in [0.717, 1.165) is 23.5 Å². The van der Waals surface area contributed by atoms with E-state index in [-0.39, 0.29) is 68.0 Å². The van der Waals surface area contributed by atoms with Crippen molar-refractivity contribution in [1.82, 2.24) is 30.3 Å². The molecule has 0 fully saturated rings. The molecule has 1 aromatic rings. The Morgan fingerprint density at radius 3 is 1.53 bits per heavy atom. The number of halogens is 1. The van der Waals surface area contributed by atoms with Crippen molar-refractivity contribution in [2.75, 3.05) is 91.9 Å². The fourth-order valence-corrected chi connectivity index (χ4v) is 6.12. The van der Waals surface area contributed by atoms with Crippen LogP contribution in [0.4, 0.5) is 14.0 Å². The number of thioether (sulfide) groups is 2. The number of nitrogens with zero attached hydrogens (tertiary/aromatic N) is 5. The summed E-state index contributed by atoms with van der Waals surface area (Å²) in [7, 11) is 0.852. The van der Waals surface area contributed by atoms with E-state index in [4.69, 9.17) is 31.1 Å². The zero-order valence-corrected chi connectivity index (χ0v) is 34.8. The van der Waals surface area contributed by atoms with Crippen LogP contribution >= 0.6 is 23.5 Å². The zero-order chi connectivity index (χ0) is 44.6. The number of nitrogens with one attached hydrogen (secondary N) is 2.